The highest BCUT2D eigenvalue weighted by Crippen LogP contribution is 2.30. The number of anilines is 1. The van der Waals surface area contributed by atoms with Crippen LogP contribution in [-0.2, 0) is 11.2 Å². The Labute approximate surface area is 138 Å². The monoisotopic (exact) mass is 327 g/mol. The van der Waals surface area contributed by atoms with E-state index in [9.17, 15) is 4.79 Å². The fourth-order valence-electron chi connectivity index (χ4n) is 2.32. The average molecular weight is 327 g/mol. The zero-order valence-electron chi connectivity index (χ0n) is 12.9. The second kappa shape index (κ2) is 6.66. The zero-order valence-corrected chi connectivity index (χ0v) is 13.7. The molecule has 1 amide bonds. The number of hydrogen-bond acceptors (Lipinski definition) is 4. The molecule has 0 spiro atoms. The van der Waals surface area contributed by atoms with Gasteiger partial charge < -0.3 is 10.1 Å². The van der Waals surface area contributed by atoms with Crippen molar-refractivity contribution in [3.8, 4) is 17.0 Å². The summed E-state index contributed by atoms with van der Waals surface area (Å²) in [7, 11) is 1.62. The molecule has 23 heavy (non-hydrogen) atoms. The van der Waals surface area contributed by atoms with E-state index in [-0.39, 0.29) is 5.91 Å². The lowest BCUT2D eigenvalue weighted by Gasteiger charge is -2.07. The predicted molar refractivity (Wildman–Crippen MR) is 92.0 cm³/mol. The van der Waals surface area contributed by atoms with E-state index in [0.29, 0.717) is 17.8 Å². The second-order valence-corrected chi connectivity index (χ2v) is 6.14. The van der Waals surface area contributed by atoms with Crippen LogP contribution in [0.2, 0.25) is 0 Å². The van der Waals surface area contributed by atoms with Crippen molar-refractivity contribution in [2.75, 3.05) is 12.4 Å². The Morgan fingerprint density at radius 3 is 2.96 bits per heavy atom. The van der Waals surface area contributed by atoms with Crippen molar-refractivity contribution in [3.05, 3.63) is 52.3 Å². The third-order valence-corrected chi connectivity index (χ3v) is 4.35. The minimum absolute atomic E-state index is 0.0545. The third-order valence-electron chi connectivity index (χ3n) is 3.47. The molecule has 3 aromatic rings. The molecule has 0 unspecified atom stereocenters. The SMILES string of the molecule is COc1cccc(-c2n[nH]c(C)c2NC(=O)Cc2cccs2)c1. The fourth-order valence-corrected chi connectivity index (χ4v) is 3.02. The molecule has 0 bridgehead atoms. The number of hydrogen-bond donors (Lipinski definition) is 2. The second-order valence-electron chi connectivity index (χ2n) is 5.11. The maximum Gasteiger partial charge on any atom is 0.229 e. The van der Waals surface area contributed by atoms with Crippen LogP contribution in [0.1, 0.15) is 10.6 Å². The summed E-state index contributed by atoms with van der Waals surface area (Å²) in [5, 5.41) is 12.2. The standard InChI is InChI=1S/C17H17N3O2S/c1-11-16(18-15(21)10-14-7-4-8-23-14)17(20-19-11)12-5-3-6-13(9-12)22-2/h3-9H,10H2,1-2H3,(H,18,21)(H,19,20). The van der Waals surface area contributed by atoms with Gasteiger partial charge in [-0.15, -0.1) is 11.3 Å². The minimum Gasteiger partial charge on any atom is -0.497 e. The number of aromatic amines is 1. The van der Waals surface area contributed by atoms with Gasteiger partial charge in [-0.2, -0.15) is 5.10 Å². The smallest absolute Gasteiger partial charge is 0.229 e. The van der Waals surface area contributed by atoms with E-state index in [4.69, 9.17) is 4.74 Å². The van der Waals surface area contributed by atoms with Crippen molar-refractivity contribution in [1.29, 1.82) is 0 Å². The van der Waals surface area contributed by atoms with E-state index >= 15 is 0 Å². The molecule has 0 saturated heterocycles. The molecule has 0 aliphatic carbocycles. The average Bonchev–Trinajstić information content (AvgIpc) is 3.18. The van der Waals surface area contributed by atoms with E-state index in [2.05, 4.69) is 15.5 Å². The lowest BCUT2D eigenvalue weighted by atomic mass is 10.1. The summed E-state index contributed by atoms with van der Waals surface area (Å²) in [6.07, 6.45) is 0.361. The summed E-state index contributed by atoms with van der Waals surface area (Å²) in [4.78, 5) is 13.3. The number of H-pyrrole nitrogens is 1. The Bertz CT molecular complexity index is 809. The summed E-state index contributed by atoms with van der Waals surface area (Å²) < 4.78 is 5.25. The van der Waals surface area contributed by atoms with Crippen LogP contribution >= 0.6 is 11.3 Å². The van der Waals surface area contributed by atoms with Crippen molar-refractivity contribution in [1.82, 2.24) is 10.2 Å². The topological polar surface area (TPSA) is 67.0 Å². The Morgan fingerprint density at radius 2 is 2.22 bits per heavy atom. The number of benzene rings is 1. The number of amides is 1. The van der Waals surface area contributed by atoms with Crippen molar-refractivity contribution in [2.24, 2.45) is 0 Å². The van der Waals surface area contributed by atoms with E-state index in [0.717, 1.165) is 21.9 Å². The molecule has 0 radical (unpaired) electrons. The molecule has 1 aromatic carbocycles. The van der Waals surface area contributed by atoms with Crippen LogP contribution in [0.4, 0.5) is 5.69 Å². The lowest BCUT2D eigenvalue weighted by Crippen LogP contribution is -2.14. The highest BCUT2D eigenvalue weighted by Gasteiger charge is 2.16. The van der Waals surface area contributed by atoms with Gasteiger partial charge in [0.25, 0.3) is 0 Å². The molecule has 2 aromatic heterocycles. The first-order chi connectivity index (χ1) is 11.2. The number of thiophene rings is 1. The third kappa shape index (κ3) is 3.43. The van der Waals surface area contributed by atoms with E-state index in [1.54, 1.807) is 18.4 Å². The Balaban J connectivity index is 1.85. The van der Waals surface area contributed by atoms with Gasteiger partial charge in [-0.1, -0.05) is 18.2 Å². The van der Waals surface area contributed by atoms with Crippen molar-refractivity contribution in [2.45, 2.75) is 13.3 Å². The van der Waals surface area contributed by atoms with E-state index < -0.39 is 0 Å². The van der Waals surface area contributed by atoms with Crippen LogP contribution in [-0.4, -0.2) is 23.2 Å². The van der Waals surface area contributed by atoms with Gasteiger partial charge in [0.1, 0.15) is 11.4 Å². The largest absolute Gasteiger partial charge is 0.497 e. The quantitative estimate of drug-likeness (QED) is 0.752. The van der Waals surface area contributed by atoms with Gasteiger partial charge in [0, 0.05) is 10.4 Å². The molecule has 0 fully saturated rings. The Kier molecular flexibility index (Phi) is 4.43. The number of rotatable bonds is 5. The predicted octanol–water partition coefficient (Wildman–Crippen LogP) is 3.64. The molecular formula is C17H17N3O2S. The summed E-state index contributed by atoms with van der Waals surface area (Å²) in [6, 6.07) is 11.5. The molecule has 5 nitrogen and oxygen atoms in total. The number of methoxy groups -OCH3 is 1. The van der Waals surface area contributed by atoms with Crippen LogP contribution < -0.4 is 10.1 Å². The fraction of sp³-hybridized carbons (Fsp3) is 0.176. The van der Waals surface area contributed by atoms with Crippen molar-refractivity contribution >= 4 is 22.9 Å². The molecule has 2 heterocycles. The van der Waals surface area contributed by atoms with Gasteiger partial charge in [0.05, 0.1) is 24.9 Å². The molecule has 0 atom stereocenters. The Hall–Kier alpha value is -2.60. The number of ether oxygens (including phenoxy) is 1. The highest BCUT2D eigenvalue weighted by atomic mass is 32.1. The first-order valence-corrected chi connectivity index (χ1v) is 8.07. The maximum absolute atomic E-state index is 12.3. The molecular weight excluding hydrogens is 310 g/mol. The summed E-state index contributed by atoms with van der Waals surface area (Å²) >= 11 is 1.57. The van der Waals surface area contributed by atoms with Crippen LogP contribution in [0.25, 0.3) is 11.3 Å². The zero-order chi connectivity index (χ0) is 16.2. The molecule has 0 aliphatic rings. The molecule has 0 aliphatic heterocycles. The number of nitrogens with one attached hydrogen (secondary N) is 2. The van der Waals surface area contributed by atoms with E-state index in [1.165, 1.54) is 0 Å². The molecule has 6 heteroatoms. The Morgan fingerprint density at radius 1 is 1.35 bits per heavy atom. The molecule has 118 valence electrons. The van der Waals surface area contributed by atoms with Gasteiger partial charge >= 0.3 is 0 Å². The minimum atomic E-state index is -0.0545. The number of carbonyl (C=O) groups is 1. The summed E-state index contributed by atoms with van der Waals surface area (Å²) in [5.74, 6) is 0.695. The number of carbonyl (C=O) groups excluding carboxylic acids is 1. The maximum atomic E-state index is 12.3. The summed E-state index contributed by atoms with van der Waals surface area (Å²) in [6.45, 7) is 1.89. The highest BCUT2D eigenvalue weighted by molar-refractivity contribution is 7.10. The van der Waals surface area contributed by atoms with Crippen LogP contribution in [0.15, 0.2) is 41.8 Å². The van der Waals surface area contributed by atoms with Gasteiger partial charge in [0.2, 0.25) is 5.91 Å². The number of nitrogens with zero attached hydrogens (tertiary/aromatic N) is 1. The lowest BCUT2D eigenvalue weighted by molar-refractivity contribution is -0.115. The van der Waals surface area contributed by atoms with Crippen LogP contribution in [0.5, 0.6) is 5.75 Å². The molecule has 2 N–H and O–H groups in total. The van der Waals surface area contributed by atoms with Crippen molar-refractivity contribution in [3.63, 3.8) is 0 Å². The number of aromatic nitrogens is 2. The first kappa shape index (κ1) is 15.3. The van der Waals surface area contributed by atoms with Crippen molar-refractivity contribution < 1.29 is 9.53 Å². The first-order valence-electron chi connectivity index (χ1n) is 7.19. The van der Waals surface area contributed by atoms with Gasteiger partial charge in [-0.3, -0.25) is 9.89 Å². The normalized spacial score (nSPS) is 10.5. The molecule has 3 rings (SSSR count). The van der Waals surface area contributed by atoms with Gasteiger partial charge in [-0.05, 0) is 30.5 Å². The number of aryl methyl sites for hydroxylation is 1. The molecule has 0 saturated carbocycles. The van der Waals surface area contributed by atoms with Gasteiger partial charge in [-0.25, -0.2) is 0 Å². The summed E-state index contributed by atoms with van der Waals surface area (Å²) in [5.41, 5.74) is 3.13. The van der Waals surface area contributed by atoms with Crippen LogP contribution in [0.3, 0.4) is 0 Å². The van der Waals surface area contributed by atoms with Gasteiger partial charge in [0.15, 0.2) is 0 Å². The van der Waals surface area contributed by atoms with Crippen LogP contribution in [0, 0.1) is 6.92 Å². The van der Waals surface area contributed by atoms with E-state index in [1.807, 2.05) is 48.7 Å².